The number of allylic oxidation sites excluding steroid dienone is 6. The summed E-state index contributed by atoms with van der Waals surface area (Å²) < 4.78 is 12.6. The highest BCUT2D eigenvalue weighted by Crippen LogP contribution is 2.48. The van der Waals surface area contributed by atoms with Gasteiger partial charge in [-0.2, -0.15) is 0 Å². The Morgan fingerprint density at radius 2 is 1.38 bits per heavy atom. The summed E-state index contributed by atoms with van der Waals surface area (Å²) >= 11 is 4.00. The predicted molar refractivity (Wildman–Crippen MR) is 185 cm³/mol. The van der Waals surface area contributed by atoms with Gasteiger partial charge in [0.15, 0.2) is 12.6 Å². The van der Waals surface area contributed by atoms with Gasteiger partial charge in [0.2, 0.25) is 0 Å². The van der Waals surface area contributed by atoms with E-state index in [-0.39, 0.29) is 29.3 Å². The molecule has 1 saturated heterocycles. The minimum absolute atomic E-state index is 0.00779. The molecule has 8 heteroatoms. The first kappa shape index (κ1) is 35.4. The van der Waals surface area contributed by atoms with E-state index in [0.717, 1.165) is 75.7 Å². The molecule has 0 aromatic heterocycles. The van der Waals surface area contributed by atoms with Gasteiger partial charge >= 0.3 is 0 Å². The molecule has 5 aliphatic rings. The molecule has 5 rings (SSSR count). The Hall–Kier alpha value is -0.900. The SMILES string of the molecule is CCC(O)C1CCC(C(O)OC2=CC=C(OC(O)C3CCC(C(O)CC)CC3)C(SC(C)C3CC4C=CC(C)=CC4S3)C2)CC1. The highest BCUT2D eigenvalue weighted by molar-refractivity contribution is 8.04. The molecule has 9 unspecified atom stereocenters. The van der Waals surface area contributed by atoms with Crippen molar-refractivity contribution in [3.05, 3.63) is 47.5 Å². The zero-order chi connectivity index (χ0) is 32.1. The van der Waals surface area contributed by atoms with Crippen molar-refractivity contribution in [2.24, 2.45) is 29.6 Å². The zero-order valence-corrected chi connectivity index (χ0v) is 29.4. The van der Waals surface area contributed by atoms with Crippen LogP contribution in [-0.4, -0.2) is 66.2 Å². The molecule has 4 N–H and O–H groups in total. The van der Waals surface area contributed by atoms with Gasteiger partial charge in [0.25, 0.3) is 0 Å². The van der Waals surface area contributed by atoms with E-state index in [0.29, 0.717) is 39.9 Å². The Morgan fingerprint density at radius 1 is 0.822 bits per heavy atom. The fourth-order valence-corrected chi connectivity index (χ4v) is 11.5. The Kier molecular flexibility index (Phi) is 13.0. The molecule has 0 aromatic rings. The van der Waals surface area contributed by atoms with E-state index in [9.17, 15) is 20.4 Å². The number of rotatable bonds is 13. The average Bonchev–Trinajstić information content (AvgIpc) is 3.48. The highest BCUT2D eigenvalue weighted by atomic mass is 32.2. The van der Waals surface area contributed by atoms with Crippen molar-refractivity contribution in [2.75, 3.05) is 0 Å². The van der Waals surface area contributed by atoms with Crippen molar-refractivity contribution in [1.29, 1.82) is 0 Å². The fraction of sp³-hybridized carbons (Fsp3) is 0.784. The first-order chi connectivity index (χ1) is 21.6. The number of ether oxygens (including phenoxy) is 2. The molecule has 45 heavy (non-hydrogen) atoms. The lowest BCUT2D eigenvalue weighted by atomic mass is 9.78. The number of hydrogen-bond acceptors (Lipinski definition) is 8. The Morgan fingerprint density at radius 3 is 1.96 bits per heavy atom. The highest BCUT2D eigenvalue weighted by Gasteiger charge is 2.39. The molecule has 0 spiro atoms. The van der Waals surface area contributed by atoms with E-state index in [1.807, 2.05) is 37.8 Å². The molecule has 6 nitrogen and oxygen atoms in total. The second-order valence-electron chi connectivity index (χ2n) is 14.4. The van der Waals surface area contributed by atoms with Crippen molar-refractivity contribution in [3.8, 4) is 0 Å². The van der Waals surface area contributed by atoms with E-state index < -0.39 is 12.6 Å². The maximum Gasteiger partial charge on any atom is 0.199 e. The minimum Gasteiger partial charge on any atom is -0.469 e. The van der Waals surface area contributed by atoms with Gasteiger partial charge in [-0.1, -0.05) is 44.6 Å². The van der Waals surface area contributed by atoms with Crippen molar-refractivity contribution in [1.82, 2.24) is 0 Å². The Balaban J connectivity index is 1.22. The summed E-state index contributed by atoms with van der Waals surface area (Å²) in [7, 11) is 0. The predicted octanol–water partition coefficient (Wildman–Crippen LogP) is 7.48. The minimum atomic E-state index is -0.869. The van der Waals surface area contributed by atoms with Crippen LogP contribution in [0, 0.1) is 29.6 Å². The van der Waals surface area contributed by atoms with Crippen LogP contribution in [0.3, 0.4) is 0 Å². The molecule has 9 atom stereocenters. The van der Waals surface area contributed by atoms with Gasteiger partial charge in [0.1, 0.15) is 11.5 Å². The van der Waals surface area contributed by atoms with Gasteiger partial charge < -0.3 is 29.9 Å². The fourth-order valence-electron chi connectivity index (χ4n) is 8.09. The summed E-state index contributed by atoms with van der Waals surface area (Å²) in [5.74, 6) is 2.93. The van der Waals surface area contributed by atoms with E-state index in [1.54, 1.807) is 0 Å². The standard InChI is InChI=1S/C37H58O6S2/c1-5-30(38)24-9-13-26(14-10-24)36(40)42-29-17-18-32(43-37(41)27-15-11-25(12-16-27)31(39)6-2)35(21-29)44-23(4)33-20-28-8-7-22(3)19-34(28)45-33/h7-8,17-19,23-28,30-31,33-41H,5-6,9-16,20-21H2,1-4H3. The molecule has 1 aliphatic heterocycles. The number of aliphatic hydroxyl groups excluding tert-OH is 4. The van der Waals surface area contributed by atoms with Gasteiger partial charge in [-0.05, 0) is 107 Å². The summed E-state index contributed by atoms with van der Waals surface area (Å²) in [5.41, 5.74) is 1.35. The Labute approximate surface area is 280 Å². The lowest BCUT2D eigenvalue weighted by molar-refractivity contribution is -0.126. The Bertz CT molecular complexity index is 1070. The van der Waals surface area contributed by atoms with Gasteiger partial charge in [-0.15, -0.1) is 23.5 Å². The smallest absolute Gasteiger partial charge is 0.199 e. The zero-order valence-electron chi connectivity index (χ0n) is 27.8. The van der Waals surface area contributed by atoms with E-state index >= 15 is 0 Å². The van der Waals surface area contributed by atoms with E-state index in [2.05, 4.69) is 43.8 Å². The summed E-state index contributed by atoms with van der Waals surface area (Å²) in [6.07, 6.45) is 19.2. The van der Waals surface area contributed by atoms with Crippen LogP contribution in [0.1, 0.15) is 105 Å². The molecular weight excluding hydrogens is 605 g/mol. The normalized spacial score (nSPS) is 36.9. The van der Waals surface area contributed by atoms with Crippen molar-refractivity contribution >= 4 is 23.5 Å². The summed E-state index contributed by atoms with van der Waals surface area (Å²) in [4.78, 5) is 0. The quantitative estimate of drug-likeness (QED) is 0.151. The van der Waals surface area contributed by atoms with Crippen LogP contribution in [-0.2, 0) is 9.47 Å². The van der Waals surface area contributed by atoms with Crippen molar-refractivity contribution < 1.29 is 29.9 Å². The first-order valence-corrected chi connectivity index (χ1v) is 19.7. The van der Waals surface area contributed by atoms with Crippen LogP contribution in [0.15, 0.2) is 47.5 Å². The third-order valence-corrected chi connectivity index (χ3v) is 14.6. The molecule has 3 fully saturated rings. The first-order valence-electron chi connectivity index (χ1n) is 17.8. The number of hydrogen-bond donors (Lipinski definition) is 4. The summed E-state index contributed by atoms with van der Waals surface area (Å²) in [5, 5.41) is 44.4. The number of thioether (sulfide) groups is 2. The second kappa shape index (κ2) is 16.5. The van der Waals surface area contributed by atoms with Crippen LogP contribution in [0.25, 0.3) is 0 Å². The van der Waals surface area contributed by atoms with Gasteiger partial charge in [-0.3, -0.25) is 0 Å². The second-order valence-corrected chi connectivity index (χ2v) is 17.4. The number of aliphatic hydroxyl groups is 4. The van der Waals surface area contributed by atoms with E-state index in [1.165, 1.54) is 12.0 Å². The van der Waals surface area contributed by atoms with Crippen LogP contribution in [0.5, 0.6) is 0 Å². The van der Waals surface area contributed by atoms with Crippen LogP contribution < -0.4 is 0 Å². The molecule has 0 aromatic carbocycles. The third-order valence-electron chi connectivity index (χ3n) is 11.2. The maximum atomic E-state index is 11.2. The van der Waals surface area contributed by atoms with Crippen LogP contribution in [0.2, 0.25) is 0 Å². The molecule has 4 aliphatic carbocycles. The van der Waals surface area contributed by atoms with Crippen molar-refractivity contribution in [3.63, 3.8) is 0 Å². The molecule has 0 bridgehead atoms. The largest absolute Gasteiger partial charge is 0.469 e. The topological polar surface area (TPSA) is 99.4 Å². The van der Waals surface area contributed by atoms with E-state index in [4.69, 9.17) is 9.47 Å². The summed E-state index contributed by atoms with van der Waals surface area (Å²) in [6.45, 7) is 8.57. The van der Waals surface area contributed by atoms with Crippen LogP contribution >= 0.6 is 23.5 Å². The average molecular weight is 663 g/mol. The summed E-state index contributed by atoms with van der Waals surface area (Å²) in [6, 6.07) is 0. The van der Waals surface area contributed by atoms with Gasteiger partial charge in [-0.25, -0.2) is 0 Å². The molecule has 0 amide bonds. The molecule has 2 saturated carbocycles. The number of fused-ring (bicyclic) bond motifs is 1. The third kappa shape index (κ3) is 9.17. The van der Waals surface area contributed by atoms with Crippen LogP contribution in [0.4, 0.5) is 0 Å². The lowest BCUT2D eigenvalue weighted by Gasteiger charge is -2.36. The molecule has 1 heterocycles. The maximum absolute atomic E-state index is 11.2. The van der Waals surface area contributed by atoms with Gasteiger partial charge in [0, 0.05) is 34.0 Å². The van der Waals surface area contributed by atoms with Gasteiger partial charge in [0.05, 0.1) is 17.5 Å². The molecular formula is C37H58O6S2. The van der Waals surface area contributed by atoms with Crippen molar-refractivity contribution in [2.45, 2.75) is 151 Å². The lowest BCUT2D eigenvalue weighted by Crippen LogP contribution is -2.34. The monoisotopic (exact) mass is 662 g/mol. The molecule has 0 radical (unpaired) electrons. The molecule has 254 valence electrons.